The van der Waals surface area contributed by atoms with Crippen LogP contribution in [-0.4, -0.2) is 19.6 Å². The summed E-state index contributed by atoms with van der Waals surface area (Å²) in [6.07, 6.45) is 5.01. The first-order valence-corrected chi connectivity index (χ1v) is 8.37. The molecule has 1 aliphatic heterocycles. The molecule has 0 amide bonds. The van der Waals surface area contributed by atoms with Crippen LogP contribution in [0.2, 0.25) is 0 Å². The first-order valence-electron chi connectivity index (χ1n) is 8.37. The molecule has 0 aliphatic carbocycles. The molecule has 1 fully saturated rings. The highest BCUT2D eigenvalue weighted by atomic mass is 15.2. The molecule has 2 nitrogen and oxygen atoms in total. The molecular weight excluding hydrogens is 244 g/mol. The second kappa shape index (κ2) is 7.68. The van der Waals surface area contributed by atoms with E-state index in [1.54, 1.807) is 0 Å². The van der Waals surface area contributed by atoms with Crippen LogP contribution in [0, 0.1) is 5.92 Å². The molecule has 1 N–H and O–H groups in total. The van der Waals surface area contributed by atoms with Crippen LogP contribution < -0.4 is 10.2 Å². The lowest BCUT2D eigenvalue weighted by molar-refractivity contribution is 0.517. The molecule has 0 aromatic heterocycles. The van der Waals surface area contributed by atoms with E-state index in [0.717, 1.165) is 18.9 Å². The minimum atomic E-state index is 0.492. The van der Waals surface area contributed by atoms with Gasteiger partial charge >= 0.3 is 0 Å². The van der Waals surface area contributed by atoms with E-state index < -0.39 is 0 Å². The van der Waals surface area contributed by atoms with E-state index in [-0.39, 0.29) is 0 Å². The Kier molecular flexibility index (Phi) is 5.90. The zero-order chi connectivity index (χ0) is 14.4. The van der Waals surface area contributed by atoms with Crippen LogP contribution in [0.15, 0.2) is 24.3 Å². The third-order valence-electron chi connectivity index (χ3n) is 4.57. The number of nitrogens with zero attached hydrogens (tertiary/aromatic N) is 1. The van der Waals surface area contributed by atoms with Gasteiger partial charge in [-0.2, -0.15) is 0 Å². The largest absolute Gasteiger partial charge is 0.371 e. The van der Waals surface area contributed by atoms with Gasteiger partial charge in [-0.1, -0.05) is 45.4 Å². The lowest BCUT2D eigenvalue weighted by atomic mass is 10.0. The summed E-state index contributed by atoms with van der Waals surface area (Å²) in [6.45, 7) is 10.4. The molecule has 1 heterocycles. The Morgan fingerprint density at radius 2 is 2.05 bits per heavy atom. The van der Waals surface area contributed by atoms with E-state index in [1.165, 1.54) is 43.6 Å². The van der Waals surface area contributed by atoms with Gasteiger partial charge in [0.1, 0.15) is 0 Å². The van der Waals surface area contributed by atoms with Crippen LogP contribution in [0.25, 0.3) is 0 Å². The predicted molar refractivity (Wildman–Crippen MR) is 88.4 cm³/mol. The Balaban J connectivity index is 2.17. The third kappa shape index (κ3) is 3.54. The van der Waals surface area contributed by atoms with E-state index in [1.807, 2.05) is 0 Å². The fraction of sp³-hybridized carbons (Fsp3) is 0.667. The lowest BCUT2D eigenvalue weighted by Gasteiger charge is -2.26. The van der Waals surface area contributed by atoms with E-state index in [9.17, 15) is 0 Å². The van der Waals surface area contributed by atoms with Crippen molar-refractivity contribution in [2.75, 3.05) is 24.5 Å². The van der Waals surface area contributed by atoms with Crippen molar-refractivity contribution in [2.24, 2.45) is 5.92 Å². The number of hydrogen-bond donors (Lipinski definition) is 1. The van der Waals surface area contributed by atoms with E-state index in [2.05, 4.69) is 55.3 Å². The Labute approximate surface area is 124 Å². The SMILES string of the molecule is CCCNC(CC)c1ccccc1N1CCC(CC)C1. The molecule has 0 saturated carbocycles. The number of rotatable bonds is 7. The van der Waals surface area contributed by atoms with Crippen molar-refractivity contribution in [2.45, 2.75) is 52.5 Å². The molecule has 2 rings (SSSR count). The van der Waals surface area contributed by atoms with Gasteiger partial charge < -0.3 is 10.2 Å². The van der Waals surface area contributed by atoms with Crippen LogP contribution in [-0.2, 0) is 0 Å². The summed E-state index contributed by atoms with van der Waals surface area (Å²) >= 11 is 0. The van der Waals surface area contributed by atoms with E-state index >= 15 is 0 Å². The highest BCUT2D eigenvalue weighted by Crippen LogP contribution is 2.32. The molecule has 112 valence electrons. The minimum Gasteiger partial charge on any atom is -0.371 e. The van der Waals surface area contributed by atoms with E-state index in [0.29, 0.717) is 6.04 Å². The minimum absolute atomic E-state index is 0.492. The van der Waals surface area contributed by atoms with Gasteiger partial charge in [0, 0.05) is 24.8 Å². The quantitative estimate of drug-likeness (QED) is 0.794. The topological polar surface area (TPSA) is 15.3 Å². The zero-order valence-electron chi connectivity index (χ0n) is 13.4. The summed E-state index contributed by atoms with van der Waals surface area (Å²) in [5.41, 5.74) is 2.94. The summed E-state index contributed by atoms with van der Waals surface area (Å²) in [5, 5.41) is 3.70. The highest BCUT2D eigenvalue weighted by molar-refractivity contribution is 5.55. The molecule has 2 atom stereocenters. The van der Waals surface area contributed by atoms with Gasteiger partial charge in [-0.15, -0.1) is 0 Å². The standard InChI is InChI=1S/C18H30N2/c1-4-12-19-17(6-3)16-9-7-8-10-18(16)20-13-11-15(5-2)14-20/h7-10,15,17,19H,4-6,11-14H2,1-3H3. The molecule has 1 aromatic carbocycles. The van der Waals surface area contributed by atoms with E-state index in [4.69, 9.17) is 0 Å². The molecule has 2 heteroatoms. The molecule has 1 saturated heterocycles. The summed E-state index contributed by atoms with van der Waals surface area (Å²) in [4.78, 5) is 2.60. The number of anilines is 1. The highest BCUT2D eigenvalue weighted by Gasteiger charge is 2.24. The van der Waals surface area contributed by atoms with Gasteiger partial charge in [-0.25, -0.2) is 0 Å². The van der Waals surface area contributed by atoms with Crippen LogP contribution in [0.4, 0.5) is 5.69 Å². The van der Waals surface area contributed by atoms with Gasteiger partial charge in [0.15, 0.2) is 0 Å². The van der Waals surface area contributed by atoms with Gasteiger partial charge in [-0.3, -0.25) is 0 Å². The van der Waals surface area contributed by atoms with Crippen LogP contribution >= 0.6 is 0 Å². The fourth-order valence-corrected chi connectivity index (χ4v) is 3.25. The monoisotopic (exact) mass is 274 g/mol. The average molecular weight is 274 g/mol. The fourth-order valence-electron chi connectivity index (χ4n) is 3.25. The average Bonchev–Trinajstić information content (AvgIpc) is 2.97. The number of para-hydroxylation sites is 1. The van der Waals surface area contributed by atoms with Crippen molar-refractivity contribution in [3.05, 3.63) is 29.8 Å². The summed E-state index contributed by atoms with van der Waals surface area (Å²) < 4.78 is 0. The smallest absolute Gasteiger partial charge is 0.0414 e. The van der Waals surface area contributed by atoms with Crippen LogP contribution in [0.1, 0.15) is 58.1 Å². The van der Waals surface area contributed by atoms with Crippen molar-refractivity contribution < 1.29 is 0 Å². The van der Waals surface area contributed by atoms with Crippen molar-refractivity contribution in [3.8, 4) is 0 Å². The molecule has 1 aliphatic rings. The molecule has 0 bridgehead atoms. The predicted octanol–water partition coefficient (Wildman–Crippen LogP) is 4.37. The van der Waals surface area contributed by atoms with Gasteiger partial charge in [0.05, 0.1) is 0 Å². The van der Waals surface area contributed by atoms with Gasteiger partial charge in [0.2, 0.25) is 0 Å². The summed E-state index contributed by atoms with van der Waals surface area (Å²) in [7, 11) is 0. The lowest BCUT2D eigenvalue weighted by Crippen LogP contribution is -2.26. The Morgan fingerprint density at radius 3 is 2.70 bits per heavy atom. The Morgan fingerprint density at radius 1 is 1.25 bits per heavy atom. The molecule has 2 unspecified atom stereocenters. The molecule has 20 heavy (non-hydrogen) atoms. The molecule has 1 aromatic rings. The summed E-state index contributed by atoms with van der Waals surface area (Å²) in [5.74, 6) is 0.881. The van der Waals surface area contributed by atoms with Gasteiger partial charge in [-0.05, 0) is 43.4 Å². The maximum atomic E-state index is 3.70. The third-order valence-corrected chi connectivity index (χ3v) is 4.57. The Bertz CT molecular complexity index is 381. The van der Waals surface area contributed by atoms with Crippen LogP contribution in [0.3, 0.4) is 0 Å². The zero-order valence-corrected chi connectivity index (χ0v) is 13.4. The first-order chi connectivity index (χ1) is 9.80. The number of nitrogens with one attached hydrogen (secondary N) is 1. The van der Waals surface area contributed by atoms with Crippen molar-refractivity contribution >= 4 is 5.69 Å². The molecule has 0 radical (unpaired) electrons. The summed E-state index contributed by atoms with van der Waals surface area (Å²) in [6, 6.07) is 9.48. The maximum absolute atomic E-state index is 3.70. The second-order valence-corrected chi connectivity index (χ2v) is 5.98. The maximum Gasteiger partial charge on any atom is 0.0414 e. The number of hydrogen-bond acceptors (Lipinski definition) is 2. The molecule has 0 spiro atoms. The van der Waals surface area contributed by atoms with Crippen molar-refractivity contribution in [3.63, 3.8) is 0 Å². The second-order valence-electron chi connectivity index (χ2n) is 5.98. The Hall–Kier alpha value is -1.02. The number of benzene rings is 1. The van der Waals surface area contributed by atoms with Crippen molar-refractivity contribution in [1.82, 2.24) is 5.32 Å². The van der Waals surface area contributed by atoms with Crippen molar-refractivity contribution in [1.29, 1.82) is 0 Å². The molecular formula is C18H30N2. The normalized spacial score (nSPS) is 20.4. The van der Waals surface area contributed by atoms with Gasteiger partial charge in [0.25, 0.3) is 0 Å². The van der Waals surface area contributed by atoms with Crippen LogP contribution in [0.5, 0.6) is 0 Å². The first kappa shape index (κ1) is 15.4.